The Morgan fingerprint density at radius 1 is 0.149 bits per heavy atom. The molecule has 11 heterocycles. The predicted octanol–water partition coefficient (Wildman–Crippen LogP) is 30.9. The minimum Gasteiger partial charge on any atom is -0.262 e. The summed E-state index contributed by atoms with van der Waals surface area (Å²) in [6.07, 6.45) is 12.9. The van der Waals surface area contributed by atoms with E-state index in [-0.39, 0.29) is 0 Å². The van der Waals surface area contributed by atoms with Gasteiger partial charge in [0.05, 0.1) is 45.6 Å². The molecule has 0 aliphatic carbocycles. The molecule has 0 radical (unpaired) electrons. The number of nitrogens with zero attached hydrogens (tertiary/aromatic N) is 12. The van der Waals surface area contributed by atoms with Crippen LogP contribution in [0.1, 0.15) is 112 Å². The van der Waals surface area contributed by atoms with Crippen molar-refractivity contribution in [2.24, 2.45) is 0 Å². The van der Waals surface area contributed by atoms with Crippen molar-refractivity contribution in [2.45, 2.75) is 138 Å². The maximum absolute atomic E-state index is 4.48. The summed E-state index contributed by atoms with van der Waals surface area (Å²) in [5, 5.41) is 8.04. The first kappa shape index (κ1) is 98.9. The number of aryl methyl sites for hydroxylation is 20. The SMILES string of the molecule is Cc1cc(C)c2ccccc2c1.Cc1ccc(-c2ccc(C)cn2)nc1.Cc1ccc(-c2ccnc(C)c2)cn1.Cc1ccc(-c2ncc(C)cn2)cc1.Cc1ccc2cc(C)ccc2c1.Cc1ccc2ccc(C)cc2c1.Cc1cccc(-c2cccc(C)n2)c1.Cc1cccc(-c2cccc(C)n2)c1.Cc1cccc(-c2cccc(C)n2)n1.Cc1ccnc(-c2cccc(C)n2)c1. The number of benzene rings is 9. The van der Waals surface area contributed by atoms with Gasteiger partial charge in [-0.25, -0.2) is 9.97 Å². The minimum absolute atomic E-state index is 0.788. The minimum atomic E-state index is 0.788. The highest BCUT2D eigenvalue weighted by molar-refractivity contribution is 5.87. The molecule has 0 amide bonds. The normalized spacial score (nSPS) is 10.2. The predicted molar refractivity (Wildman–Crippen MR) is 563 cm³/mol. The molecule has 0 fully saturated rings. The van der Waals surface area contributed by atoms with Crippen molar-refractivity contribution in [3.63, 3.8) is 0 Å². The van der Waals surface area contributed by atoms with Crippen LogP contribution in [0.3, 0.4) is 0 Å². The molecule has 0 saturated carbocycles. The molecule has 20 rings (SSSR count). The molecule has 12 nitrogen and oxygen atoms in total. The van der Waals surface area contributed by atoms with Crippen LogP contribution in [0, 0.1) is 138 Å². The third kappa shape index (κ3) is 32.2. The van der Waals surface area contributed by atoms with E-state index in [1.54, 1.807) is 0 Å². The first-order valence-electron chi connectivity index (χ1n) is 45.3. The highest BCUT2D eigenvalue weighted by Gasteiger charge is 2.08. The van der Waals surface area contributed by atoms with Crippen molar-refractivity contribution < 1.29 is 0 Å². The Hall–Kier alpha value is -15.7. The molecule has 9 aromatic carbocycles. The molecule has 134 heavy (non-hydrogen) atoms. The summed E-state index contributed by atoms with van der Waals surface area (Å²) in [7, 11) is 0. The van der Waals surface area contributed by atoms with Crippen molar-refractivity contribution in [3.8, 4) is 79.2 Å². The number of aromatic nitrogens is 12. The zero-order chi connectivity index (χ0) is 95.4. The average molecular weight is 1760 g/mol. The molecule has 0 bridgehead atoms. The third-order valence-corrected chi connectivity index (χ3v) is 21.3. The number of pyridine rings is 10. The quantitative estimate of drug-likeness (QED) is 0.149. The number of rotatable bonds is 7. The van der Waals surface area contributed by atoms with E-state index in [9.17, 15) is 0 Å². The molecule has 0 spiro atoms. The molecule has 20 aromatic rings. The van der Waals surface area contributed by atoms with E-state index in [2.05, 4.69) is 311 Å². The molecule has 0 aliphatic rings. The van der Waals surface area contributed by atoms with Gasteiger partial charge in [-0.1, -0.05) is 263 Å². The molecule has 0 aliphatic heterocycles. The Morgan fingerprint density at radius 3 is 0.978 bits per heavy atom. The second-order valence-corrected chi connectivity index (χ2v) is 34.1. The molecule has 0 atom stereocenters. The number of hydrogen-bond donors (Lipinski definition) is 0. The smallest absolute Gasteiger partial charge is 0.159 e. The van der Waals surface area contributed by atoms with Gasteiger partial charge in [-0.3, -0.25) is 49.8 Å². The lowest BCUT2D eigenvalue weighted by Crippen LogP contribution is -1.90. The summed E-state index contributed by atoms with van der Waals surface area (Å²) in [4.78, 5) is 52.1. The molecular weight excluding hydrogens is 1630 g/mol. The Bertz CT molecular complexity index is 6380. The van der Waals surface area contributed by atoms with E-state index in [0.717, 1.165) is 108 Å². The third-order valence-electron chi connectivity index (χ3n) is 21.3. The second kappa shape index (κ2) is 49.9. The van der Waals surface area contributed by atoms with Crippen LogP contribution < -0.4 is 0 Å². The molecule has 670 valence electrons. The van der Waals surface area contributed by atoms with Gasteiger partial charge in [-0.15, -0.1) is 0 Å². The van der Waals surface area contributed by atoms with Crippen molar-refractivity contribution in [2.75, 3.05) is 0 Å². The molecule has 0 saturated heterocycles. The van der Waals surface area contributed by atoms with Crippen LogP contribution in [0.5, 0.6) is 0 Å². The summed E-state index contributed by atoms with van der Waals surface area (Å²) in [5.74, 6) is 0.788. The van der Waals surface area contributed by atoms with Crippen LogP contribution in [-0.2, 0) is 0 Å². The Morgan fingerprint density at radius 2 is 0.537 bits per heavy atom. The Balaban J connectivity index is 0.000000143. The van der Waals surface area contributed by atoms with Crippen LogP contribution in [-0.4, -0.2) is 59.8 Å². The standard InChI is InChI=1S/2C13H13N.5C12H12N2.3C12H12/c2*1-10-5-3-7-12(9-10)13-8-4-6-11(2)14-13;1-9-3-5-11(13-7-9)12-6-4-10(2)8-14-12;1-9-3-5-11(6-4-9)12-13-7-10(2)8-14-12;1-9-5-3-7-11(13-9)12-8-4-6-10(2)14-12;1-9-3-4-12(8-14-9)11-5-6-13-10(2)7-11;1-9-6-7-13-12(8-9)11-5-3-4-10(2)14-11;1-9-3-5-12-8-10(2)4-6-11(12)7-9;1-9-3-5-11-6-4-10(2)8-12(11)7-9;1-9-7-10(2)12-6-4-3-5-11(12)8-9/h2*3-9H,1-2H3;5*3-8H,1-2H3;3*3-8H,1-2H3. The fourth-order valence-electron chi connectivity index (χ4n) is 14.3. The van der Waals surface area contributed by atoms with Crippen LogP contribution in [0.2, 0.25) is 0 Å². The summed E-state index contributed by atoms with van der Waals surface area (Å²) in [5.41, 5.74) is 37.1. The number of hydrogen-bond acceptors (Lipinski definition) is 12. The Labute approximate surface area is 793 Å². The summed E-state index contributed by atoms with van der Waals surface area (Å²) in [6, 6.07) is 115. The lowest BCUT2D eigenvalue weighted by molar-refractivity contribution is 1.14. The van der Waals surface area contributed by atoms with Crippen molar-refractivity contribution in [1.82, 2.24) is 59.8 Å². The molecular formula is C122H122N12. The lowest BCUT2D eigenvalue weighted by Gasteiger charge is -2.02. The zero-order valence-corrected chi connectivity index (χ0v) is 81.2. The summed E-state index contributed by atoms with van der Waals surface area (Å²) >= 11 is 0. The first-order chi connectivity index (χ1) is 64.6. The highest BCUT2D eigenvalue weighted by atomic mass is 14.9. The molecule has 11 aromatic heterocycles. The van der Waals surface area contributed by atoms with Gasteiger partial charge < -0.3 is 0 Å². The lowest BCUT2D eigenvalue weighted by atomic mass is 10.0. The van der Waals surface area contributed by atoms with E-state index >= 15 is 0 Å². The van der Waals surface area contributed by atoms with Gasteiger partial charge in [-0.2, -0.15) is 0 Å². The maximum atomic E-state index is 4.48. The van der Waals surface area contributed by atoms with Gasteiger partial charge >= 0.3 is 0 Å². The van der Waals surface area contributed by atoms with Gasteiger partial charge in [0.25, 0.3) is 0 Å². The average Bonchev–Trinajstić information content (AvgIpc) is 0.808. The topological polar surface area (TPSA) is 155 Å². The summed E-state index contributed by atoms with van der Waals surface area (Å²) in [6.45, 7) is 41.1. The van der Waals surface area contributed by atoms with E-state index in [1.165, 1.54) is 116 Å². The van der Waals surface area contributed by atoms with Gasteiger partial charge in [0.15, 0.2) is 5.82 Å². The number of fused-ring (bicyclic) bond motifs is 3. The zero-order valence-electron chi connectivity index (χ0n) is 81.2. The van der Waals surface area contributed by atoms with Crippen LogP contribution >= 0.6 is 0 Å². The fraction of sp³-hybridized carbons (Fsp3) is 0.164. The van der Waals surface area contributed by atoms with Crippen molar-refractivity contribution in [3.05, 3.63) is 489 Å². The van der Waals surface area contributed by atoms with Gasteiger partial charge in [0.1, 0.15) is 0 Å². The van der Waals surface area contributed by atoms with Crippen LogP contribution in [0.25, 0.3) is 112 Å². The molecule has 0 unspecified atom stereocenters. The fourth-order valence-corrected chi connectivity index (χ4v) is 14.3. The second-order valence-electron chi connectivity index (χ2n) is 34.1. The first-order valence-corrected chi connectivity index (χ1v) is 45.3. The summed E-state index contributed by atoms with van der Waals surface area (Å²) < 4.78 is 0. The Kier molecular flexibility index (Phi) is 36.9. The highest BCUT2D eigenvalue weighted by Crippen LogP contribution is 2.26. The van der Waals surface area contributed by atoms with Crippen LogP contribution in [0.15, 0.2) is 377 Å². The van der Waals surface area contributed by atoms with Gasteiger partial charge in [-0.05, 0) is 319 Å². The molecule has 0 N–H and O–H groups in total. The maximum Gasteiger partial charge on any atom is 0.159 e. The largest absolute Gasteiger partial charge is 0.262 e. The van der Waals surface area contributed by atoms with Crippen molar-refractivity contribution >= 4 is 32.3 Å². The van der Waals surface area contributed by atoms with E-state index in [4.69, 9.17) is 0 Å². The monoisotopic (exact) mass is 1750 g/mol. The van der Waals surface area contributed by atoms with E-state index < -0.39 is 0 Å². The van der Waals surface area contributed by atoms with E-state index in [0.29, 0.717) is 0 Å². The van der Waals surface area contributed by atoms with Gasteiger partial charge in [0.2, 0.25) is 0 Å². The van der Waals surface area contributed by atoms with Crippen LogP contribution in [0.4, 0.5) is 0 Å². The molecule has 12 heteroatoms. The van der Waals surface area contributed by atoms with Gasteiger partial charge in [0, 0.05) is 105 Å². The van der Waals surface area contributed by atoms with E-state index in [1.807, 2.05) is 264 Å². The van der Waals surface area contributed by atoms with Crippen molar-refractivity contribution in [1.29, 1.82) is 0 Å².